The fraction of sp³-hybridized carbons (Fsp3) is 0.533. The maximum Gasteiger partial charge on any atom is 0.313 e. The lowest BCUT2D eigenvalue weighted by Gasteiger charge is -2.22. The molecule has 0 aliphatic heterocycles. The quantitative estimate of drug-likeness (QED) is 0.813. The van der Waals surface area contributed by atoms with E-state index >= 15 is 0 Å². The maximum atomic E-state index is 11.6. The van der Waals surface area contributed by atoms with Crippen molar-refractivity contribution in [2.45, 2.75) is 33.6 Å². The van der Waals surface area contributed by atoms with Gasteiger partial charge in [0.1, 0.15) is 0 Å². The van der Waals surface area contributed by atoms with E-state index in [4.69, 9.17) is 4.74 Å². The highest BCUT2D eigenvalue weighted by Crippen LogP contribution is 2.21. The van der Waals surface area contributed by atoms with Crippen LogP contribution in [0.1, 0.15) is 39.2 Å². The monoisotopic (exact) mass is 249 g/mol. The second-order valence-corrected chi connectivity index (χ2v) is 5.51. The molecule has 3 heteroatoms. The Morgan fingerprint density at radius 3 is 2.61 bits per heavy atom. The summed E-state index contributed by atoms with van der Waals surface area (Å²) in [5.41, 5.74) is 1.80. The number of nitrogens with one attached hydrogen (secondary N) is 1. The molecule has 0 aliphatic carbocycles. The molecular formula is C15H23NO2. The minimum absolute atomic E-state index is 0.199. The van der Waals surface area contributed by atoms with Gasteiger partial charge in [0.15, 0.2) is 0 Å². The van der Waals surface area contributed by atoms with Crippen molar-refractivity contribution in [3.63, 3.8) is 0 Å². The summed E-state index contributed by atoms with van der Waals surface area (Å²) in [7, 11) is 1.42. The molecule has 100 valence electrons. The number of carbonyl (C=O) groups is 1. The SMILES string of the molecule is COC(=O)C(C)(C)CNc1cccc(C(C)C)c1. The smallest absolute Gasteiger partial charge is 0.313 e. The van der Waals surface area contributed by atoms with E-state index < -0.39 is 5.41 Å². The summed E-state index contributed by atoms with van der Waals surface area (Å²) in [5.74, 6) is 0.301. The average molecular weight is 249 g/mol. The molecular weight excluding hydrogens is 226 g/mol. The van der Waals surface area contributed by atoms with Crippen molar-refractivity contribution in [1.29, 1.82) is 0 Å². The van der Waals surface area contributed by atoms with Gasteiger partial charge >= 0.3 is 5.97 Å². The Hall–Kier alpha value is -1.51. The molecule has 0 saturated carbocycles. The van der Waals surface area contributed by atoms with Crippen LogP contribution in [-0.2, 0) is 9.53 Å². The third-order valence-corrected chi connectivity index (χ3v) is 3.03. The number of esters is 1. The van der Waals surface area contributed by atoms with E-state index in [0.717, 1.165) is 5.69 Å². The first-order valence-corrected chi connectivity index (χ1v) is 6.29. The molecule has 3 nitrogen and oxygen atoms in total. The van der Waals surface area contributed by atoms with Crippen LogP contribution in [0.2, 0.25) is 0 Å². The van der Waals surface area contributed by atoms with E-state index in [0.29, 0.717) is 12.5 Å². The number of hydrogen-bond acceptors (Lipinski definition) is 3. The molecule has 0 bridgehead atoms. The lowest BCUT2D eigenvalue weighted by atomic mass is 9.93. The Kier molecular flexibility index (Phi) is 4.76. The van der Waals surface area contributed by atoms with Gasteiger partial charge in [-0.3, -0.25) is 4.79 Å². The van der Waals surface area contributed by atoms with Crippen LogP contribution >= 0.6 is 0 Å². The van der Waals surface area contributed by atoms with Crippen molar-refractivity contribution >= 4 is 11.7 Å². The van der Waals surface area contributed by atoms with E-state index in [1.165, 1.54) is 12.7 Å². The normalized spacial score (nSPS) is 11.4. The Balaban J connectivity index is 2.69. The van der Waals surface area contributed by atoms with Gasteiger partial charge in [-0.1, -0.05) is 26.0 Å². The number of hydrogen-bond donors (Lipinski definition) is 1. The largest absolute Gasteiger partial charge is 0.469 e. The van der Waals surface area contributed by atoms with Crippen molar-refractivity contribution in [3.05, 3.63) is 29.8 Å². The minimum Gasteiger partial charge on any atom is -0.469 e. The van der Waals surface area contributed by atoms with Crippen LogP contribution in [0.5, 0.6) is 0 Å². The molecule has 0 aromatic heterocycles. The molecule has 1 aromatic carbocycles. The van der Waals surface area contributed by atoms with Crippen molar-refractivity contribution in [1.82, 2.24) is 0 Å². The van der Waals surface area contributed by atoms with Gasteiger partial charge in [-0.2, -0.15) is 0 Å². The second kappa shape index (κ2) is 5.89. The fourth-order valence-corrected chi connectivity index (χ4v) is 1.68. The number of carbonyl (C=O) groups excluding carboxylic acids is 1. The van der Waals surface area contributed by atoms with Crippen molar-refractivity contribution in [3.8, 4) is 0 Å². The van der Waals surface area contributed by atoms with Gasteiger partial charge in [0.05, 0.1) is 12.5 Å². The van der Waals surface area contributed by atoms with Crippen LogP contribution in [0.15, 0.2) is 24.3 Å². The summed E-state index contributed by atoms with van der Waals surface area (Å²) in [5, 5.41) is 3.29. The molecule has 0 atom stereocenters. The van der Waals surface area contributed by atoms with E-state index in [-0.39, 0.29) is 5.97 Å². The summed E-state index contributed by atoms with van der Waals surface area (Å²) in [6, 6.07) is 8.28. The van der Waals surface area contributed by atoms with Gasteiger partial charge in [-0.05, 0) is 37.5 Å². The lowest BCUT2D eigenvalue weighted by Crippen LogP contribution is -2.33. The standard InChI is InChI=1S/C15H23NO2/c1-11(2)12-7-6-8-13(9-12)16-10-15(3,4)14(17)18-5/h6-9,11,16H,10H2,1-5H3. The van der Waals surface area contributed by atoms with Gasteiger partial charge in [0.2, 0.25) is 0 Å². The van der Waals surface area contributed by atoms with Crippen molar-refractivity contribution < 1.29 is 9.53 Å². The summed E-state index contributed by atoms with van der Waals surface area (Å²) in [6.45, 7) is 8.63. The zero-order chi connectivity index (χ0) is 13.8. The van der Waals surface area contributed by atoms with E-state index in [1.807, 2.05) is 26.0 Å². The number of benzene rings is 1. The predicted octanol–water partition coefficient (Wildman–Crippen LogP) is 3.42. The first kappa shape index (κ1) is 14.6. The third-order valence-electron chi connectivity index (χ3n) is 3.03. The summed E-state index contributed by atoms with van der Waals surface area (Å²) in [6.07, 6.45) is 0. The van der Waals surface area contributed by atoms with E-state index in [2.05, 4.69) is 31.3 Å². The molecule has 0 spiro atoms. The van der Waals surface area contributed by atoms with Crippen molar-refractivity contribution in [2.75, 3.05) is 19.0 Å². The molecule has 0 heterocycles. The Labute approximate surface area is 110 Å². The summed E-state index contributed by atoms with van der Waals surface area (Å²) in [4.78, 5) is 11.6. The fourth-order valence-electron chi connectivity index (χ4n) is 1.68. The average Bonchev–Trinajstić information content (AvgIpc) is 2.35. The topological polar surface area (TPSA) is 38.3 Å². The van der Waals surface area contributed by atoms with Gasteiger partial charge in [0.25, 0.3) is 0 Å². The Bertz CT molecular complexity index is 411. The molecule has 18 heavy (non-hydrogen) atoms. The second-order valence-electron chi connectivity index (χ2n) is 5.51. The molecule has 1 N–H and O–H groups in total. The Morgan fingerprint density at radius 2 is 2.06 bits per heavy atom. The van der Waals surface area contributed by atoms with Crippen LogP contribution in [0.3, 0.4) is 0 Å². The summed E-state index contributed by atoms with van der Waals surface area (Å²) < 4.78 is 4.79. The van der Waals surface area contributed by atoms with Gasteiger partial charge < -0.3 is 10.1 Å². The lowest BCUT2D eigenvalue weighted by molar-refractivity contribution is -0.149. The first-order valence-electron chi connectivity index (χ1n) is 6.29. The molecule has 0 radical (unpaired) electrons. The highest BCUT2D eigenvalue weighted by molar-refractivity contribution is 5.76. The zero-order valence-electron chi connectivity index (χ0n) is 11.9. The number of anilines is 1. The summed E-state index contributed by atoms with van der Waals surface area (Å²) >= 11 is 0. The predicted molar refractivity (Wildman–Crippen MR) is 74.8 cm³/mol. The van der Waals surface area contributed by atoms with Crippen LogP contribution in [-0.4, -0.2) is 19.6 Å². The minimum atomic E-state index is -0.525. The molecule has 0 aliphatic rings. The maximum absolute atomic E-state index is 11.6. The van der Waals surface area contributed by atoms with Crippen LogP contribution in [0.4, 0.5) is 5.69 Å². The van der Waals surface area contributed by atoms with Crippen LogP contribution < -0.4 is 5.32 Å². The van der Waals surface area contributed by atoms with Crippen molar-refractivity contribution in [2.24, 2.45) is 5.41 Å². The van der Waals surface area contributed by atoms with E-state index in [9.17, 15) is 4.79 Å². The van der Waals surface area contributed by atoms with Gasteiger partial charge in [-0.25, -0.2) is 0 Å². The highest BCUT2D eigenvalue weighted by atomic mass is 16.5. The molecule has 0 saturated heterocycles. The van der Waals surface area contributed by atoms with Crippen LogP contribution in [0, 0.1) is 5.41 Å². The molecule has 1 rings (SSSR count). The Morgan fingerprint density at radius 1 is 1.39 bits per heavy atom. The highest BCUT2D eigenvalue weighted by Gasteiger charge is 2.28. The first-order chi connectivity index (χ1) is 8.36. The van der Waals surface area contributed by atoms with Gasteiger partial charge in [0, 0.05) is 12.2 Å². The number of ether oxygens (including phenoxy) is 1. The molecule has 0 fully saturated rings. The van der Waals surface area contributed by atoms with E-state index in [1.54, 1.807) is 0 Å². The molecule has 1 aromatic rings. The van der Waals surface area contributed by atoms with Gasteiger partial charge in [-0.15, -0.1) is 0 Å². The zero-order valence-corrected chi connectivity index (χ0v) is 11.9. The molecule has 0 unspecified atom stereocenters. The number of methoxy groups -OCH3 is 1. The third kappa shape index (κ3) is 3.76. The molecule has 0 amide bonds. The number of rotatable bonds is 5. The van der Waals surface area contributed by atoms with Crippen LogP contribution in [0.25, 0.3) is 0 Å².